The van der Waals surface area contributed by atoms with Crippen LogP contribution in [-0.4, -0.2) is 64.8 Å². The Bertz CT molecular complexity index is 844. The summed E-state index contributed by atoms with van der Waals surface area (Å²) in [5, 5.41) is 2.67. The highest BCUT2D eigenvalue weighted by Gasteiger charge is 2.43. The number of amides is 4. The minimum atomic E-state index is -0.822. The van der Waals surface area contributed by atoms with Crippen LogP contribution in [0.1, 0.15) is 45.1 Å². The number of carbonyl (C=O) groups is 4. The molecule has 32 heavy (non-hydrogen) atoms. The van der Waals surface area contributed by atoms with Crippen molar-refractivity contribution in [1.82, 2.24) is 15.1 Å². The molecule has 1 aromatic carbocycles. The lowest BCUT2D eigenvalue weighted by Gasteiger charge is -2.33. The fraction of sp³-hybridized carbons (Fsp3) is 0.565. The molecular formula is C23H32N4O5. The molecule has 9 heteroatoms. The van der Waals surface area contributed by atoms with Gasteiger partial charge in [0, 0.05) is 13.1 Å². The van der Waals surface area contributed by atoms with Gasteiger partial charge in [-0.1, -0.05) is 44.2 Å². The summed E-state index contributed by atoms with van der Waals surface area (Å²) in [5.41, 5.74) is 6.30. The Morgan fingerprint density at radius 2 is 1.66 bits per heavy atom. The molecule has 3 atom stereocenters. The van der Waals surface area contributed by atoms with E-state index in [9.17, 15) is 19.2 Å². The summed E-state index contributed by atoms with van der Waals surface area (Å²) in [4.78, 5) is 53.6. The Morgan fingerprint density at radius 1 is 1.03 bits per heavy atom. The molecular weight excluding hydrogens is 412 g/mol. The van der Waals surface area contributed by atoms with E-state index in [1.165, 1.54) is 9.80 Å². The molecule has 0 aliphatic carbocycles. The third-order valence-electron chi connectivity index (χ3n) is 6.10. The fourth-order valence-electron chi connectivity index (χ4n) is 4.39. The summed E-state index contributed by atoms with van der Waals surface area (Å²) in [6.45, 7) is 4.64. The minimum Gasteiger partial charge on any atom is -0.445 e. The van der Waals surface area contributed by atoms with Crippen LogP contribution in [0.5, 0.6) is 0 Å². The lowest BCUT2D eigenvalue weighted by molar-refractivity contribution is -0.147. The summed E-state index contributed by atoms with van der Waals surface area (Å²) < 4.78 is 5.27. The maximum absolute atomic E-state index is 13.3. The first kappa shape index (κ1) is 23.6. The third-order valence-corrected chi connectivity index (χ3v) is 6.10. The molecule has 2 aliphatic heterocycles. The van der Waals surface area contributed by atoms with Crippen LogP contribution in [-0.2, 0) is 25.7 Å². The maximum atomic E-state index is 13.3. The Balaban J connectivity index is 1.64. The van der Waals surface area contributed by atoms with Crippen molar-refractivity contribution in [1.29, 1.82) is 0 Å². The number of carbonyl (C=O) groups excluding carboxylic acids is 4. The minimum absolute atomic E-state index is 0.0972. The summed E-state index contributed by atoms with van der Waals surface area (Å²) in [7, 11) is 0. The van der Waals surface area contributed by atoms with E-state index in [0.717, 1.165) is 5.56 Å². The van der Waals surface area contributed by atoms with Gasteiger partial charge in [0.25, 0.3) is 0 Å². The molecule has 2 saturated heterocycles. The van der Waals surface area contributed by atoms with Crippen LogP contribution < -0.4 is 11.1 Å². The number of hydrogen-bond donors (Lipinski definition) is 2. The second-order valence-corrected chi connectivity index (χ2v) is 8.71. The molecule has 3 N–H and O–H groups in total. The van der Waals surface area contributed by atoms with E-state index < -0.39 is 30.1 Å². The van der Waals surface area contributed by atoms with E-state index in [1.807, 2.05) is 44.2 Å². The smallest absolute Gasteiger partial charge is 0.408 e. The first-order valence-electron chi connectivity index (χ1n) is 11.2. The first-order valence-corrected chi connectivity index (χ1v) is 11.2. The van der Waals surface area contributed by atoms with Crippen molar-refractivity contribution in [3.05, 3.63) is 35.9 Å². The highest BCUT2D eigenvalue weighted by Crippen LogP contribution is 2.26. The first-order chi connectivity index (χ1) is 15.3. The van der Waals surface area contributed by atoms with E-state index in [-0.39, 0.29) is 24.3 Å². The highest BCUT2D eigenvalue weighted by atomic mass is 16.5. The number of likely N-dealkylation sites (tertiary alicyclic amines) is 2. The van der Waals surface area contributed by atoms with Gasteiger partial charge in [0.15, 0.2) is 0 Å². The van der Waals surface area contributed by atoms with Gasteiger partial charge in [0.2, 0.25) is 17.7 Å². The number of alkyl carbamates (subject to hydrolysis) is 1. The number of nitrogens with one attached hydrogen (secondary N) is 1. The summed E-state index contributed by atoms with van der Waals surface area (Å²) >= 11 is 0. The van der Waals surface area contributed by atoms with Crippen molar-refractivity contribution < 1.29 is 23.9 Å². The fourth-order valence-corrected chi connectivity index (χ4v) is 4.39. The zero-order valence-corrected chi connectivity index (χ0v) is 18.7. The number of nitrogens with zero attached hydrogens (tertiary/aromatic N) is 2. The lowest BCUT2D eigenvalue weighted by Crippen LogP contribution is -2.57. The monoisotopic (exact) mass is 444 g/mol. The van der Waals surface area contributed by atoms with Gasteiger partial charge < -0.3 is 25.6 Å². The summed E-state index contributed by atoms with van der Waals surface area (Å²) in [6, 6.07) is 7.18. The van der Waals surface area contributed by atoms with Crippen molar-refractivity contribution in [3.8, 4) is 0 Å². The molecule has 0 radical (unpaired) electrons. The number of nitrogens with two attached hydrogens (primary N) is 1. The van der Waals surface area contributed by atoms with E-state index in [2.05, 4.69) is 5.32 Å². The van der Waals surface area contributed by atoms with Crippen LogP contribution >= 0.6 is 0 Å². The van der Waals surface area contributed by atoms with Crippen LogP contribution in [0.3, 0.4) is 0 Å². The Morgan fingerprint density at radius 3 is 2.28 bits per heavy atom. The normalized spacial score (nSPS) is 21.5. The van der Waals surface area contributed by atoms with Crippen molar-refractivity contribution >= 4 is 23.8 Å². The average Bonchev–Trinajstić information content (AvgIpc) is 3.45. The second kappa shape index (κ2) is 10.5. The lowest BCUT2D eigenvalue weighted by atomic mass is 10.0. The average molecular weight is 445 g/mol. The molecule has 2 heterocycles. The molecule has 2 aliphatic rings. The molecule has 4 amide bonds. The highest BCUT2D eigenvalue weighted by molar-refractivity contribution is 5.94. The van der Waals surface area contributed by atoms with E-state index in [0.29, 0.717) is 38.8 Å². The molecule has 1 aromatic rings. The molecule has 0 bridgehead atoms. The van der Waals surface area contributed by atoms with E-state index >= 15 is 0 Å². The van der Waals surface area contributed by atoms with Crippen LogP contribution in [0, 0.1) is 5.92 Å². The quantitative estimate of drug-likeness (QED) is 0.658. The molecule has 2 fully saturated rings. The molecule has 3 rings (SSSR count). The van der Waals surface area contributed by atoms with Crippen molar-refractivity contribution in [2.45, 2.75) is 64.3 Å². The van der Waals surface area contributed by atoms with Gasteiger partial charge in [-0.05, 0) is 37.2 Å². The van der Waals surface area contributed by atoms with Crippen LogP contribution in [0.4, 0.5) is 4.79 Å². The Hall–Kier alpha value is -3.10. The molecule has 0 saturated carbocycles. The standard InChI is InChI=1S/C23H32N4O5/c1-15(2)19(25-23(31)32-14-16-8-4-3-5-9-16)22(30)27-13-7-11-18(27)21(29)26-12-6-10-17(26)20(24)28/h3-5,8-9,15,17-19H,6-7,10-14H2,1-2H3,(H2,24,28)(H,25,31)/t17-,18-,19-/m0/s1. The van der Waals surface area contributed by atoms with Gasteiger partial charge in [-0.3, -0.25) is 14.4 Å². The zero-order valence-electron chi connectivity index (χ0n) is 18.7. The van der Waals surface area contributed by atoms with Crippen LogP contribution in [0.15, 0.2) is 30.3 Å². The number of benzene rings is 1. The molecule has 0 spiro atoms. The third kappa shape index (κ3) is 5.38. The summed E-state index contributed by atoms with van der Waals surface area (Å²) in [5.74, 6) is -1.28. The molecule has 0 unspecified atom stereocenters. The number of hydrogen-bond acceptors (Lipinski definition) is 5. The van der Waals surface area contributed by atoms with Gasteiger partial charge in [-0.2, -0.15) is 0 Å². The van der Waals surface area contributed by atoms with Crippen molar-refractivity contribution in [3.63, 3.8) is 0 Å². The van der Waals surface area contributed by atoms with Gasteiger partial charge >= 0.3 is 6.09 Å². The Labute approximate surface area is 188 Å². The van der Waals surface area contributed by atoms with Gasteiger partial charge in [0.1, 0.15) is 24.7 Å². The van der Waals surface area contributed by atoms with Crippen LogP contribution in [0.2, 0.25) is 0 Å². The second-order valence-electron chi connectivity index (χ2n) is 8.71. The predicted molar refractivity (Wildman–Crippen MR) is 117 cm³/mol. The number of rotatable bonds is 7. The maximum Gasteiger partial charge on any atom is 0.408 e. The van der Waals surface area contributed by atoms with E-state index in [1.54, 1.807) is 0 Å². The molecule has 9 nitrogen and oxygen atoms in total. The van der Waals surface area contributed by atoms with Crippen molar-refractivity contribution in [2.24, 2.45) is 11.7 Å². The van der Waals surface area contributed by atoms with Crippen molar-refractivity contribution in [2.75, 3.05) is 13.1 Å². The zero-order chi connectivity index (χ0) is 23.3. The van der Waals surface area contributed by atoms with Gasteiger partial charge in [-0.25, -0.2) is 4.79 Å². The Kier molecular flexibility index (Phi) is 7.71. The van der Waals surface area contributed by atoms with Gasteiger partial charge in [0.05, 0.1) is 0 Å². The predicted octanol–water partition coefficient (Wildman–Crippen LogP) is 1.40. The van der Waals surface area contributed by atoms with Gasteiger partial charge in [-0.15, -0.1) is 0 Å². The SMILES string of the molecule is CC(C)[C@H](NC(=O)OCc1ccccc1)C(=O)N1CCC[C@H]1C(=O)N1CCC[C@H]1C(N)=O. The molecule has 174 valence electrons. The largest absolute Gasteiger partial charge is 0.445 e. The topological polar surface area (TPSA) is 122 Å². The molecule has 0 aromatic heterocycles. The number of primary amides is 1. The van der Waals surface area contributed by atoms with Crippen LogP contribution in [0.25, 0.3) is 0 Å². The number of ether oxygens (including phenoxy) is 1. The van der Waals surface area contributed by atoms with E-state index in [4.69, 9.17) is 10.5 Å². The summed E-state index contributed by atoms with van der Waals surface area (Å²) in [6.07, 6.45) is 1.78.